The second kappa shape index (κ2) is 6.99. The van der Waals surface area contributed by atoms with E-state index in [9.17, 15) is 13.2 Å². The third-order valence-corrected chi connectivity index (χ3v) is 5.74. The summed E-state index contributed by atoms with van der Waals surface area (Å²) in [6, 6.07) is 4.63. The molecule has 9 heteroatoms. The topological polar surface area (TPSA) is 51.8 Å². The molecular formula is C12H12F3N3S3. The summed E-state index contributed by atoms with van der Waals surface area (Å²) in [5.41, 5.74) is 5.74. The molecule has 1 unspecified atom stereocenters. The molecule has 0 aliphatic rings. The zero-order valence-corrected chi connectivity index (χ0v) is 13.4. The average molecular weight is 351 g/mol. The van der Waals surface area contributed by atoms with Crippen molar-refractivity contribution in [3.8, 4) is 0 Å². The molecular weight excluding hydrogens is 339 g/mol. The van der Waals surface area contributed by atoms with Gasteiger partial charge in [0.2, 0.25) is 0 Å². The normalized spacial score (nSPS) is 13.4. The minimum Gasteiger partial charge on any atom is -0.323 e. The highest BCUT2D eigenvalue weighted by Crippen LogP contribution is 2.32. The molecule has 2 N–H and O–H groups in total. The van der Waals surface area contributed by atoms with E-state index in [0.717, 1.165) is 20.8 Å². The van der Waals surface area contributed by atoms with Gasteiger partial charge < -0.3 is 5.73 Å². The van der Waals surface area contributed by atoms with E-state index in [4.69, 9.17) is 5.73 Å². The first-order chi connectivity index (χ1) is 9.90. The second-order valence-corrected chi connectivity index (χ2v) is 7.38. The number of rotatable bonds is 5. The quantitative estimate of drug-likeness (QED) is 0.823. The summed E-state index contributed by atoms with van der Waals surface area (Å²) in [7, 11) is 0. The van der Waals surface area contributed by atoms with E-state index in [1.807, 2.05) is 6.26 Å². The zero-order valence-electron chi connectivity index (χ0n) is 10.9. The number of nitrogens with zero attached hydrogens (tertiary/aromatic N) is 2. The highest BCUT2D eigenvalue weighted by atomic mass is 32.2. The van der Waals surface area contributed by atoms with Gasteiger partial charge in [-0.15, -0.1) is 10.2 Å². The van der Waals surface area contributed by atoms with Gasteiger partial charge in [0.1, 0.15) is 0 Å². The Morgan fingerprint density at radius 2 is 2.00 bits per heavy atom. The number of hydrogen-bond donors (Lipinski definition) is 1. The Bertz CT molecular complexity index is 601. The van der Waals surface area contributed by atoms with Crippen molar-refractivity contribution in [2.45, 2.75) is 20.9 Å². The molecule has 21 heavy (non-hydrogen) atoms. The lowest BCUT2D eigenvalue weighted by Gasteiger charge is -2.13. The van der Waals surface area contributed by atoms with Gasteiger partial charge >= 0.3 is 6.18 Å². The third kappa shape index (κ3) is 4.60. The molecule has 0 spiro atoms. The van der Waals surface area contributed by atoms with Crippen molar-refractivity contribution in [3.05, 3.63) is 35.4 Å². The first-order valence-electron chi connectivity index (χ1n) is 5.83. The van der Waals surface area contributed by atoms with Gasteiger partial charge in [-0.25, -0.2) is 0 Å². The van der Waals surface area contributed by atoms with Crippen molar-refractivity contribution in [1.29, 1.82) is 0 Å². The molecule has 0 saturated heterocycles. The highest BCUT2D eigenvalue weighted by molar-refractivity contribution is 8.02. The molecule has 2 rings (SSSR count). The van der Waals surface area contributed by atoms with Crippen LogP contribution in [-0.4, -0.2) is 22.2 Å². The first-order valence-corrected chi connectivity index (χ1v) is 8.86. The first kappa shape index (κ1) is 16.6. The Kier molecular flexibility index (Phi) is 5.53. The van der Waals surface area contributed by atoms with Crippen molar-refractivity contribution in [2.24, 2.45) is 5.73 Å². The summed E-state index contributed by atoms with van der Waals surface area (Å²) in [6.45, 7) is 0. The molecule has 2 aromatic rings. The lowest BCUT2D eigenvalue weighted by molar-refractivity contribution is -0.137. The number of alkyl halides is 3. The minimum atomic E-state index is -4.35. The molecule has 114 valence electrons. The van der Waals surface area contributed by atoms with Crippen LogP contribution in [0, 0.1) is 0 Å². The summed E-state index contributed by atoms with van der Waals surface area (Å²) < 4.78 is 39.6. The van der Waals surface area contributed by atoms with Crippen molar-refractivity contribution in [1.82, 2.24) is 10.2 Å². The Labute approximate surface area is 132 Å². The SMILES string of the molecule is CSc1nnc(SCC(N)c2cccc(C(F)(F)F)c2)s1. The fourth-order valence-corrected chi connectivity index (χ4v) is 3.99. The van der Waals surface area contributed by atoms with E-state index in [2.05, 4.69) is 10.2 Å². The lowest BCUT2D eigenvalue weighted by Crippen LogP contribution is -2.14. The summed E-state index contributed by atoms with van der Waals surface area (Å²) in [6.07, 6.45) is -2.45. The van der Waals surface area contributed by atoms with E-state index < -0.39 is 17.8 Å². The predicted octanol–water partition coefficient (Wildman–Crippen LogP) is 4.07. The zero-order chi connectivity index (χ0) is 15.5. The third-order valence-electron chi connectivity index (χ3n) is 2.59. The minimum absolute atomic E-state index is 0.449. The van der Waals surface area contributed by atoms with Gasteiger partial charge in [-0.3, -0.25) is 0 Å². The van der Waals surface area contributed by atoms with Crippen molar-refractivity contribution < 1.29 is 13.2 Å². The number of halogens is 3. The Morgan fingerprint density at radius 1 is 1.29 bits per heavy atom. The van der Waals surface area contributed by atoms with Gasteiger partial charge in [0.05, 0.1) is 5.56 Å². The predicted molar refractivity (Wildman–Crippen MR) is 80.8 cm³/mol. The Morgan fingerprint density at radius 3 is 2.62 bits per heavy atom. The molecule has 0 radical (unpaired) electrons. The maximum absolute atomic E-state index is 12.7. The largest absolute Gasteiger partial charge is 0.416 e. The average Bonchev–Trinajstić information content (AvgIpc) is 2.92. The van der Waals surface area contributed by atoms with Gasteiger partial charge in [-0.2, -0.15) is 13.2 Å². The van der Waals surface area contributed by atoms with Crippen LogP contribution in [0.3, 0.4) is 0 Å². The maximum atomic E-state index is 12.7. The molecule has 1 atom stereocenters. The van der Waals surface area contributed by atoms with Crippen molar-refractivity contribution in [3.63, 3.8) is 0 Å². The van der Waals surface area contributed by atoms with Crippen LogP contribution in [0.15, 0.2) is 32.9 Å². The summed E-state index contributed by atoms with van der Waals surface area (Å²) >= 11 is 4.34. The number of hydrogen-bond acceptors (Lipinski definition) is 6. The van der Waals surface area contributed by atoms with Crippen molar-refractivity contribution in [2.75, 3.05) is 12.0 Å². The molecule has 1 aromatic heterocycles. The Balaban J connectivity index is 2.01. The van der Waals surface area contributed by atoms with Crippen LogP contribution >= 0.6 is 34.9 Å². The molecule has 3 nitrogen and oxygen atoms in total. The highest BCUT2D eigenvalue weighted by Gasteiger charge is 2.30. The van der Waals surface area contributed by atoms with Crippen LogP contribution in [0.2, 0.25) is 0 Å². The van der Waals surface area contributed by atoms with Gasteiger partial charge in [0.15, 0.2) is 8.68 Å². The van der Waals surface area contributed by atoms with Crippen LogP contribution in [-0.2, 0) is 6.18 Å². The summed E-state index contributed by atoms with van der Waals surface area (Å²) in [4.78, 5) is 0. The molecule has 1 aromatic carbocycles. The number of benzene rings is 1. The number of aromatic nitrogens is 2. The van der Waals surface area contributed by atoms with Crippen LogP contribution in [0.4, 0.5) is 13.2 Å². The molecule has 0 amide bonds. The molecule has 0 bridgehead atoms. The van der Waals surface area contributed by atoms with E-state index in [1.165, 1.54) is 40.9 Å². The fourth-order valence-electron chi connectivity index (χ4n) is 1.54. The molecule has 0 fully saturated rings. The molecule has 0 aliphatic heterocycles. The summed E-state index contributed by atoms with van der Waals surface area (Å²) in [5, 5.41) is 7.94. The molecule has 0 saturated carbocycles. The maximum Gasteiger partial charge on any atom is 0.416 e. The van der Waals surface area contributed by atoms with Gasteiger partial charge in [0.25, 0.3) is 0 Å². The monoisotopic (exact) mass is 351 g/mol. The Hall–Kier alpha value is -0.770. The number of thioether (sulfide) groups is 2. The van der Waals surface area contributed by atoms with E-state index in [0.29, 0.717) is 11.3 Å². The standard InChI is InChI=1S/C12H12F3N3S3/c1-19-10-17-18-11(21-10)20-6-9(16)7-3-2-4-8(5-7)12(13,14)15/h2-5,9H,6,16H2,1H3. The van der Waals surface area contributed by atoms with Gasteiger partial charge in [0, 0.05) is 11.8 Å². The van der Waals surface area contributed by atoms with Gasteiger partial charge in [-0.05, 0) is 24.0 Å². The summed E-state index contributed by atoms with van der Waals surface area (Å²) in [5.74, 6) is 0.449. The van der Waals surface area contributed by atoms with E-state index in [1.54, 1.807) is 6.07 Å². The van der Waals surface area contributed by atoms with Crippen LogP contribution < -0.4 is 5.73 Å². The number of nitrogens with two attached hydrogens (primary N) is 1. The van der Waals surface area contributed by atoms with Crippen molar-refractivity contribution >= 4 is 34.9 Å². The van der Waals surface area contributed by atoms with Crippen LogP contribution in [0.1, 0.15) is 17.2 Å². The molecule has 1 heterocycles. The fraction of sp³-hybridized carbons (Fsp3) is 0.333. The second-order valence-electron chi connectivity index (χ2n) is 4.08. The van der Waals surface area contributed by atoms with Gasteiger partial charge in [-0.1, -0.05) is 47.0 Å². The smallest absolute Gasteiger partial charge is 0.323 e. The van der Waals surface area contributed by atoms with E-state index >= 15 is 0 Å². The van der Waals surface area contributed by atoms with Crippen LogP contribution in [0.25, 0.3) is 0 Å². The molecule has 0 aliphatic carbocycles. The lowest BCUT2D eigenvalue weighted by atomic mass is 10.1. The van der Waals surface area contributed by atoms with E-state index in [-0.39, 0.29) is 0 Å². The van der Waals surface area contributed by atoms with Crippen LogP contribution in [0.5, 0.6) is 0 Å².